The van der Waals surface area contributed by atoms with Crippen molar-refractivity contribution in [1.29, 1.82) is 0 Å². The van der Waals surface area contributed by atoms with Gasteiger partial charge in [0.15, 0.2) is 11.5 Å². The van der Waals surface area contributed by atoms with Gasteiger partial charge in [-0.1, -0.05) is 26.7 Å². The molecule has 0 N–H and O–H groups in total. The lowest BCUT2D eigenvalue weighted by Gasteiger charge is -2.11. The van der Waals surface area contributed by atoms with Gasteiger partial charge in [-0.3, -0.25) is 0 Å². The number of fused-ring (bicyclic) bond motifs is 1. The van der Waals surface area contributed by atoms with Crippen molar-refractivity contribution in [2.75, 3.05) is 26.4 Å². The Morgan fingerprint density at radius 2 is 1.62 bits per heavy atom. The molecule has 1 aromatic carbocycles. The molecule has 2 rings (SSSR count). The van der Waals surface area contributed by atoms with Crippen LogP contribution in [0.4, 0.5) is 0 Å². The van der Waals surface area contributed by atoms with Crippen molar-refractivity contribution in [2.45, 2.75) is 59.5 Å². The third kappa shape index (κ3) is 5.65. The molecule has 0 bridgehead atoms. The molecule has 1 atom stereocenters. The summed E-state index contributed by atoms with van der Waals surface area (Å²) in [5, 5.41) is 0. The Balaban J connectivity index is 1.86. The SMILES string of the molecule is CCCCOCCOC1Oc2cc(CCC)c(COCC)cc2O1. The number of benzene rings is 1. The summed E-state index contributed by atoms with van der Waals surface area (Å²) < 4.78 is 28.1. The van der Waals surface area contributed by atoms with E-state index in [-0.39, 0.29) is 0 Å². The van der Waals surface area contributed by atoms with Crippen LogP contribution < -0.4 is 9.47 Å². The van der Waals surface area contributed by atoms with Gasteiger partial charge in [-0.25, -0.2) is 0 Å². The Morgan fingerprint density at radius 1 is 0.875 bits per heavy atom. The minimum absolute atomic E-state index is 0.454. The largest absolute Gasteiger partial charge is 0.428 e. The quantitative estimate of drug-likeness (QED) is 0.538. The van der Waals surface area contributed by atoms with Gasteiger partial charge in [-0.2, -0.15) is 0 Å². The van der Waals surface area contributed by atoms with Gasteiger partial charge in [0, 0.05) is 13.2 Å². The molecule has 0 amide bonds. The smallest absolute Gasteiger partial charge is 0.361 e. The Kier molecular flexibility index (Phi) is 8.36. The van der Waals surface area contributed by atoms with Crippen molar-refractivity contribution in [3.05, 3.63) is 23.3 Å². The second kappa shape index (κ2) is 10.5. The second-order valence-corrected chi connectivity index (χ2v) is 5.82. The lowest BCUT2D eigenvalue weighted by molar-refractivity contribution is -0.183. The van der Waals surface area contributed by atoms with Gasteiger partial charge in [0.05, 0.1) is 19.8 Å². The van der Waals surface area contributed by atoms with Crippen LogP contribution in [0, 0.1) is 0 Å². The summed E-state index contributed by atoms with van der Waals surface area (Å²) in [7, 11) is 0. The number of hydrogen-bond donors (Lipinski definition) is 0. The predicted molar refractivity (Wildman–Crippen MR) is 92.5 cm³/mol. The molecule has 1 unspecified atom stereocenters. The molecular weight excluding hydrogens is 308 g/mol. The van der Waals surface area contributed by atoms with Gasteiger partial charge < -0.3 is 23.7 Å². The summed E-state index contributed by atoms with van der Waals surface area (Å²) in [5.41, 5.74) is 2.40. The van der Waals surface area contributed by atoms with E-state index in [4.69, 9.17) is 23.7 Å². The molecule has 0 fully saturated rings. The van der Waals surface area contributed by atoms with E-state index in [0.717, 1.165) is 49.4 Å². The van der Waals surface area contributed by atoms with Crippen molar-refractivity contribution in [1.82, 2.24) is 0 Å². The van der Waals surface area contributed by atoms with Crippen LogP contribution in [0.15, 0.2) is 12.1 Å². The summed E-state index contributed by atoms with van der Waals surface area (Å²) in [4.78, 5) is 0. The molecule has 1 heterocycles. The first-order valence-corrected chi connectivity index (χ1v) is 9.04. The maximum absolute atomic E-state index is 5.74. The zero-order chi connectivity index (χ0) is 17.2. The van der Waals surface area contributed by atoms with Gasteiger partial charge in [-0.15, -0.1) is 0 Å². The molecule has 0 spiro atoms. The molecule has 136 valence electrons. The lowest BCUT2D eigenvalue weighted by atomic mass is 10.0. The van der Waals surface area contributed by atoms with Crippen LogP contribution in [0.2, 0.25) is 0 Å². The number of unbranched alkanes of at least 4 members (excludes halogenated alkanes) is 1. The van der Waals surface area contributed by atoms with Gasteiger partial charge in [0.1, 0.15) is 0 Å². The molecule has 1 aliphatic rings. The molecular formula is C19H30O5. The Labute approximate surface area is 145 Å². The Morgan fingerprint density at radius 3 is 2.29 bits per heavy atom. The normalized spacial score (nSPS) is 15.9. The van der Waals surface area contributed by atoms with E-state index in [1.54, 1.807) is 0 Å². The van der Waals surface area contributed by atoms with Crippen LogP contribution in [0.3, 0.4) is 0 Å². The standard InChI is InChI=1S/C19H30O5/c1-4-7-9-21-10-11-22-19-23-17-12-15(8-5-2)16(14-20-6-3)13-18(17)24-19/h12-13,19H,4-11,14H2,1-3H3. The highest BCUT2D eigenvalue weighted by Crippen LogP contribution is 2.38. The van der Waals surface area contributed by atoms with E-state index in [0.29, 0.717) is 26.4 Å². The average molecular weight is 338 g/mol. The number of ether oxygens (including phenoxy) is 5. The van der Waals surface area contributed by atoms with Crippen LogP contribution in [0.5, 0.6) is 11.5 Å². The summed E-state index contributed by atoms with van der Waals surface area (Å²) in [5.74, 6) is 1.47. The highest BCUT2D eigenvalue weighted by atomic mass is 16.9. The molecule has 1 aliphatic heterocycles. The van der Waals surface area contributed by atoms with Crippen LogP contribution in [-0.4, -0.2) is 32.9 Å². The minimum atomic E-state index is -0.688. The minimum Gasteiger partial charge on any atom is -0.428 e. The molecule has 5 heteroatoms. The molecule has 0 radical (unpaired) electrons. The zero-order valence-corrected chi connectivity index (χ0v) is 15.1. The summed E-state index contributed by atoms with van der Waals surface area (Å²) >= 11 is 0. The Hall–Kier alpha value is -1.30. The highest BCUT2D eigenvalue weighted by Gasteiger charge is 2.26. The monoisotopic (exact) mass is 338 g/mol. The zero-order valence-electron chi connectivity index (χ0n) is 15.1. The summed E-state index contributed by atoms with van der Waals surface area (Å²) in [6.07, 6.45) is 4.28. The topological polar surface area (TPSA) is 46.2 Å². The lowest BCUT2D eigenvalue weighted by Crippen LogP contribution is -2.24. The van der Waals surface area contributed by atoms with E-state index in [1.165, 1.54) is 5.56 Å². The van der Waals surface area contributed by atoms with Crippen LogP contribution >= 0.6 is 0 Å². The van der Waals surface area contributed by atoms with Crippen LogP contribution in [0.25, 0.3) is 0 Å². The van der Waals surface area contributed by atoms with Crippen molar-refractivity contribution in [2.24, 2.45) is 0 Å². The third-order valence-corrected chi connectivity index (χ3v) is 3.82. The first-order chi connectivity index (χ1) is 11.8. The van der Waals surface area contributed by atoms with E-state index in [9.17, 15) is 0 Å². The van der Waals surface area contributed by atoms with Gasteiger partial charge in [-0.05, 0) is 43.0 Å². The maximum Gasteiger partial charge on any atom is 0.361 e. The van der Waals surface area contributed by atoms with E-state index in [1.807, 2.05) is 19.1 Å². The van der Waals surface area contributed by atoms with Crippen molar-refractivity contribution < 1.29 is 23.7 Å². The number of aryl methyl sites for hydroxylation is 1. The summed E-state index contributed by atoms with van der Waals surface area (Å²) in [6, 6.07) is 4.06. The van der Waals surface area contributed by atoms with Gasteiger partial charge >= 0.3 is 6.48 Å². The fourth-order valence-electron chi connectivity index (χ4n) is 2.53. The molecule has 24 heavy (non-hydrogen) atoms. The van der Waals surface area contributed by atoms with Crippen LogP contribution in [-0.2, 0) is 27.2 Å². The van der Waals surface area contributed by atoms with E-state index >= 15 is 0 Å². The molecule has 0 aliphatic carbocycles. The first kappa shape index (κ1) is 19.0. The molecule has 5 nitrogen and oxygen atoms in total. The molecule has 0 aromatic heterocycles. The molecule has 0 saturated carbocycles. The fraction of sp³-hybridized carbons (Fsp3) is 0.684. The number of rotatable bonds is 12. The van der Waals surface area contributed by atoms with Crippen molar-refractivity contribution >= 4 is 0 Å². The van der Waals surface area contributed by atoms with Gasteiger partial charge in [0.2, 0.25) is 0 Å². The highest BCUT2D eigenvalue weighted by molar-refractivity contribution is 5.49. The third-order valence-electron chi connectivity index (χ3n) is 3.82. The maximum atomic E-state index is 5.74. The fourth-order valence-corrected chi connectivity index (χ4v) is 2.53. The number of hydrogen-bond acceptors (Lipinski definition) is 5. The van der Waals surface area contributed by atoms with Crippen molar-refractivity contribution in [3.8, 4) is 11.5 Å². The molecule has 1 aromatic rings. The van der Waals surface area contributed by atoms with E-state index < -0.39 is 6.48 Å². The second-order valence-electron chi connectivity index (χ2n) is 5.82. The summed E-state index contributed by atoms with van der Waals surface area (Å²) in [6.45, 7) is 8.69. The first-order valence-electron chi connectivity index (χ1n) is 9.04. The van der Waals surface area contributed by atoms with E-state index in [2.05, 4.69) is 13.8 Å². The van der Waals surface area contributed by atoms with Crippen molar-refractivity contribution in [3.63, 3.8) is 0 Å². The molecule has 0 saturated heterocycles. The van der Waals surface area contributed by atoms with Gasteiger partial charge in [0.25, 0.3) is 0 Å². The predicted octanol–water partition coefficient (Wildman–Crippen LogP) is 4.06. The average Bonchev–Trinajstić information content (AvgIpc) is 2.97. The Bertz CT molecular complexity index is 489. The van der Waals surface area contributed by atoms with Crippen LogP contribution in [0.1, 0.15) is 51.2 Å².